The van der Waals surface area contributed by atoms with Crippen LogP contribution in [-0.2, 0) is 7.05 Å². The Balaban J connectivity index is 1.68. The van der Waals surface area contributed by atoms with E-state index in [9.17, 15) is 4.79 Å². The van der Waals surface area contributed by atoms with E-state index in [1.807, 2.05) is 67.0 Å². The van der Waals surface area contributed by atoms with E-state index in [4.69, 9.17) is 0 Å². The second-order valence-electron chi connectivity index (χ2n) is 6.91. The molecule has 1 atom stereocenters. The van der Waals surface area contributed by atoms with Crippen molar-refractivity contribution < 1.29 is 4.79 Å². The van der Waals surface area contributed by atoms with Gasteiger partial charge in [0.1, 0.15) is 5.82 Å². The first-order valence-electron chi connectivity index (χ1n) is 8.96. The number of hydrogen-bond donors (Lipinski definition) is 0. The van der Waals surface area contributed by atoms with E-state index >= 15 is 0 Å². The fraction of sp³-hybridized carbons (Fsp3) is 0.350. The molecule has 1 saturated heterocycles. The van der Waals surface area contributed by atoms with E-state index in [1.54, 1.807) is 10.9 Å². The Morgan fingerprint density at radius 3 is 2.81 bits per heavy atom. The summed E-state index contributed by atoms with van der Waals surface area (Å²) in [7, 11) is 1.91. The lowest BCUT2D eigenvalue weighted by molar-refractivity contribution is 0.0735. The number of rotatable bonds is 3. The van der Waals surface area contributed by atoms with Crippen molar-refractivity contribution in [1.29, 1.82) is 0 Å². The summed E-state index contributed by atoms with van der Waals surface area (Å²) in [6.07, 6.45) is 7.65. The van der Waals surface area contributed by atoms with Gasteiger partial charge in [-0.1, -0.05) is 6.07 Å². The maximum atomic E-state index is 13.3. The van der Waals surface area contributed by atoms with Crippen molar-refractivity contribution in [2.75, 3.05) is 6.54 Å². The van der Waals surface area contributed by atoms with Crippen LogP contribution in [0.1, 0.15) is 46.2 Å². The van der Waals surface area contributed by atoms with E-state index < -0.39 is 0 Å². The molecule has 0 unspecified atom stereocenters. The van der Waals surface area contributed by atoms with Crippen molar-refractivity contribution in [3.8, 4) is 5.82 Å². The third-order valence-corrected chi connectivity index (χ3v) is 5.16. The van der Waals surface area contributed by atoms with Crippen LogP contribution in [0.3, 0.4) is 0 Å². The maximum absolute atomic E-state index is 13.3. The minimum Gasteiger partial charge on any atom is -0.331 e. The number of aromatic nitrogens is 4. The molecular formula is C20H23N5O. The van der Waals surface area contributed by atoms with Gasteiger partial charge in [-0.25, -0.2) is 4.98 Å². The molecular weight excluding hydrogens is 326 g/mol. The lowest BCUT2D eigenvalue weighted by Gasteiger charge is -2.24. The second-order valence-corrected chi connectivity index (χ2v) is 6.91. The Hall–Kier alpha value is -2.89. The van der Waals surface area contributed by atoms with Crippen molar-refractivity contribution in [2.45, 2.75) is 32.7 Å². The number of hydrogen-bond acceptors (Lipinski definition) is 3. The molecule has 1 fully saturated rings. The van der Waals surface area contributed by atoms with Crippen molar-refractivity contribution in [3.05, 3.63) is 65.4 Å². The number of aryl methyl sites for hydroxylation is 2. The fourth-order valence-corrected chi connectivity index (χ4v) is 3.94. The summed E-state index contributed by atoms with van der Waals surface area (Å²) in [5, 5.41) is 4.27. The number of nitrogens with zero attached hydrogens (tertiary/aromatic N) is 5. The molecule has 0 N–H and O–H groups in total. The predicted molar refractivity (Wildman–Crippen MR) is 99.3 cm³/mol. The molecule has 4 rings (SSSR count). The smallest absolute Gasteiger partial charge is 0.256 e. The Morgan fingerprint density at radius 1 is 1.27 bits per heavy atom. The van der Waals surface area contributed by atoms with Gasteiger partial charge < -0.3 is 9.47 Å². The monoisotopic (exact) mass is 349 g/mol. The SMILES string of the molecule is Cc1cc(C(=O)N2CCC[C@@H]2c2cnn(C)c2)c(C)n1-c1ccccn1. The first kappa shape index (κ1) is 16.6. The molecule has 134 valence electrons. The van der Waals surface area contributed by atoms with Gasteiger partial charge in [0.2, 0.25) is 0 Å². The van der Waals surface area contributed by atoms with Crippen LogP contribution < -0.4 is 0 Å². The van der Waals surface area contributed by atoms with E-state index in [0.717, 1.165) is 47.7 Å². The summed E-state index contributed by atoms with van der Waals surface area (Å²) in [6, 6.07) is 7.90. The third kappa shape index (κ3) is 2.71. The molecule has 26 heavy (non-hydrogen) atoms. The fourth-order valence-electron chi connectivity index (χ4n) is 3.94. The Labute approximate surface area is 153 Å². The van der Waals surface area contributed by atoms with Crippen molar-refractivity contribution >= 4 is 5.91 Å². The van der Waals surface area contributed by atoms with Gasteiger partial charge in [-0.05, 0) is 44.9 Å². The van der Waals surface area contributed by atoms with Gasteiger partial charge in [-0.15, -0.1) is 0 Å². The summed E-state index contributed by atoms with van der Waals surface area (Å²) in [4.78, 5) is 19.7. The molecule has 0 radical (unpaired) electrons. The van der Waals surface area contributed by atoms with Gasteiger partial charge >= 0.3 is 0 Å². The van der Waals surface area contributed by atoms with Gasteiger partial charge in [0.15, 0.2) is 0 Å². The normalized spacial score (nSPS) is 17.0. The summed E-state index contributed by atoms with van der Waals surface area (Å²) < 4.78 is 3.84. The zero-order valence-corrected chi connectivity index (χ0v) is 15.4. The van der Waals surface area contributed by atoms with Crippen LogP contribution in [0.4, 0.5) is 0 Å². The molecule has 1 amide bonds. The summed E-state index contributed by atoms with van der Waals surface area (Å²) >= 11 is 0. The molecule has 1 aliphatic rings. The van der Waals surface area contributed by atoms with Gasteiger partial charge in [0, 0.05) is 42.9 Å². The van der Waals surface area contributed by atoms with Crippen LogP contribution in [0, 0.1) is 13.8 Å². The number of carbonyl (C=O) groups is 1. The molecule has 3 aromatic rings. The molecule has 4 heterocycles. The van der Waals surface area contributed by atoms with Gasteiger partial charge in [0.05, 0.1) is 17.8 Å². The van der Waals surface area contributed by atoms with E-state index in [2.05, 4.69) is 10.1 Å². The van der Waals surface area contributed by atoms with E-state index in [-0.39, 0.29) is 11.9 Å². The lowest BCUT2D eigenvalue weighted by atomic mass is 10.1. The number of pyridine rings is 1. The van der Waals surface area contributed by atoms with Gasteiger partial charge in [0.25, 0.3) is 5.91 Å². The highest BCUT2D eigenvalue weighted by atomic mass is 16.2. The first-order valence-corrected chi connectivity index (χ1v) is 8.96. The van der Waals surface area contributed by atoms with Gasteiger partial charge in [-0.2, -0.15) is 5.10 Å². The molecule has 0 spiro atoms. The number of carbonyl (C=O) groups excluding carboxylic acids is 1. The van der Waals surface area contributed by atoms with E-state index in [1.165, 1.54) is 0 Å². The van der Waals surface area contributed by atoms with Crippen LogP contribution in [0.15, 0.2) is 42.9 Å². The number of amides is 1. The average Bonchev–Trinajstić information content (AvgIpc) is 3.34. The Morgan fingerprint density at radius 2 is 2.12 bits per heavy atom. The minimum atomic E-state index is 0.0895. The quantitative estimate of drug-likeness (QED) is 0.730. The molecule has 3 aromatic heterocycles. The molecule has 1 aliphatic heterocycles. The van der Waals surface area contributed by atoms with Crippen molar-refractivity contribution in [3.63, 3.8) is 0 Å². The topological polar surface area (TPSA) is 56.0 Å². The largest absolute Gasteiger partial charge is 0.331 e. The predicted octanol–water partition coefficient (Wildman–Crippen LogP) is 3.20. The van der Waals surface area contributed by atoms with Crippen molar-refractivity contribution in [2.24, 2.45) is 7.05 Å². The average molecular weight is 349 g/mol. The second kappa shape index (κ2) is 6.44. The molecule has 0 aromatic carbocycles. The zero-order chi connectivity index (χ0) is 18.3. The van der Waals surface area contributed by atoms with Crippen LogP contribution >= 0.6 is 0 Å². The molecule has 0 bridgehead atoms. The Kier molecular flexibility index (Phi) is 4.11. The highest BCUT2D eigenvalue weighted by molar-refractivity contribution is 5.96. The minimum absolute atomic E-state index is 0.0895. The van der Waals surface area contributed by atoms with Crippen LogP contribution in [0.5, 0.6) is 0 Å². The molecule has 6 heteroatoms. The number of likely N-dealkylation sites (tertiary alicyclic amines) is 1. The first-order chi connectivity index (χ1) is 12.6. The summed E-state index contributed by atoms with van der Waals surface area (Å²) in [5.74, 6) is 0.929. The Bertz CT molecular complexity index is 941. The van der Waals surface area contributed by atoms with Crippen LogP contribution in [0.25, 0.3) is 5.82 Å². The third-order valence-electron chi connectivity index (χ3n) is 5.16. The zero-order valence-electron chi connectivity index (χ0n) is 15.4. The molecule has 0 aliphatic carbocycles. The van der Waals surface area contributed by atoms with Gasteiger partial charge in [-0.3, -0.25) is 9.48 Å². The van der Waals surface area contributed by atoms with Crippen LogP contribution in [0.2, 0.25) is 0 Å². The van der Waals surface area contributed by atoms with Crippen molar-refractivity contribution in [1.82, 2.24) is 24.2 Å². The summed E-state index contributed by atoms with van der Waals surface area (Å²) in [6.45, 7) is 4.79. The maximum Gasteiger partial charge on any atom is 0.256 e. The van der Waals surface area contributed by atoms with Crippen LogP contribution in [-0.4, -0.2) is 36.7 Å². The highest BCUT2D eigenvalue weighted by Gasteiger charge is 2.33. The molecule has 0 saturated carbocycles. The standard InChI is InChI=1S/C20H23N5O/c1-14-11-17(15(2)25(14)19-8-4-5-9-21-19)20(26)24-10-6-7-18(24)16-12-22-23(3)13-16/h4-5,8-9,11-13,18H,6-7,10H2,1-3H3/t18-/m1/s1. The lowest BCUT2D eigenvalue weighted by Crippen LogP contribution is -2.30. The molecule has 6 nitrogen and oxygen atoms in total. The van der Waals surface area contributed by atoms with E-state index in [0.29, 0.717) is 0 Å². The highest BCUT2D eigenvalue weighted by Crippen LogP contribution is 2.34. The summed E-state index contributed by atoms with van der Waals surface area (Å²) in [5.41, 5.74) is 3.81.